The van der Waals surface area contributed by atoms with Gasteiger partial charge in [0, 0.05) is 12.8 Å². The van der Waals surface area contributed by atoms with Crippen LogP contribution in [-0.4, -0.2) is 17.6 Å². The molecule has 2 rings (SSSR count). The van der Waals surface area contributed by atoms with E-state index in [1.807, 2.05) is 0 Å². The Hall–Kier alpha value is -2.18. The Balaban J connectivity index is 1.77. The van der Waals surface area contributed by atoms with Crippen molar-refractivity contribution in [3.05, 3.63) is 57.2 Å². The highest BCUT2D eigenvalue weighted by Gasteiger charge is 2.12. The maximum absolute atomic E-state index is 11.8. The van der Waals surface area contributed by atoms with Crippen LogP contribution in [-0.2, 0) is 4.79 Å². The van der Waals surface area contributed by atoms with Crippen molar-refractivity contribution in [3.8, 4) is 0 Å². The summed E-state index contributed by atoms with van der Waals surface area (Å²) in [6.07, 6.45) is 0.0911. The lowest BCUT2D eigenvalue weighted by molar-refractivity contribution is -0.121. The lowest BCUT2D eigenvalue weighted by Crippen LogP contribution is -2.41. The third kappa shape index (κ3) is 4.41. The molecule has 2 amide bonds. The third-order valence-electron chi connectivity index (χ3n) is 2.81. The quantitative estimate of drug-likeness (QED) is 0.651. The normalized spacial score (nSPS) is 10.0. The molecular formula is C15H13ClN2O3S. The summed E-state index contributed by atoms with van der Waals surface area (Å²) in [5, 5.41) is 2.10. The number of benzene rings is 1. The Morgan fingerprint density at radius 3 is 2.45 bits per heavy atom. The molecule has 5 nitrogen and oxygen atoms in total. The molecule has 0 aliphatic rings. The zero-order chi connectivity index (χ0) is 15.9. The second kappa shape index (κ2) is 7.72. The molecule has 0 saturated carbocycles. The van der Waals surface area contributed by atoms with Crippen molar-refractivity contribution >= 4 is 40.5 Å². The number of Topliss-reactive ketones (excluding diaryl/α,β-unsaturated/α-hetero) is 1. The molecule has 0 aliphatic heterocycles. The fourth-order valence-electron chi connectivity index (χ4n) is 1.69. The topological polar surface area (TPSA) is 75.3 Å². The number of carbonyl (C=O) groups excluding carboxylic acids is 3. The molecule has 1 heterocycles. The summed E-state index contributed by atoms with van der Waals surface area (Å²) in [6, 6.07) is 9.99. The highest BCUT2D eigenvalue weighted by atomic mass is 35.5. The largest absolute Gasteiger partial charge is 0.293 e. The van der Waals surface area contributed by atoms with Crippen LogP contribution in [0.4, 0.5) is 0 Å². The molecule has 0 spiro atoms. The van der Waals surface area contributed by atoms with Gasteiger partial charge in [0.15, 0.2) is 5.78 Å². The predicted octanol–water partition coefficient (Wildman–Crippen LogP) is 2.83. The summed E-state index contributed by atoms with van der Waals surface area (Å²) in [4.78, 5) is 35.8. The van der Waals surface area contributed by atoms with Crippen molar-refractivity contribution in [2.75, 3.05) is 0 Å². The minimum absolute atomic E-state index is 0.000461. The molecule has 114 valence electrons. The Kier molecular flexibility index (Phi) is 5.68. The van der Waals surface area contributed by atoms with Gasteiger partial charge in [-0.1, -0.05) is 29.8 Å². The van der Waals surface area contributed by atoms with Crippen molar-refractivity contribution in [1.82, 2.24) is 10.9 Å². The van der Waals surface area contributed by atoms with E-state index in [1.54, 1.807) is 41.8 Å². The maximum atomic E-state index is 11.8. The SMILES string of the molecule is O=C(CCC(=O)c1cccs1)NNC(=O)c1ccccc1Cl. The molecule has 0 fully saturated rings. The number of carbonyl (C=O) groups is 3. The van der Waals surface area contributed by atoms with Gasteiger partial charge in [-0.05, 0) is 23.6 Å². The first kappa shape index (κ1) is 16.2. The average molecular weight is 337 g/mol. The summed E-state index contributed by atoms with van der Waals surface area (Å²) < 4.78 is 0. The van der Waals surface area contributed by atoms with E-state index in [1.165, 1.54) is 11.3 Å². The zero-order valence-electron chi connectivity index (χ0n) is 11.5. The van der Waals surface area contributed by atoms with Crippen molar-refractivity contribution in [3.63, 3.8) is 0 Å². The molecule has 0 atom stereocenters. The lowest BCUT2D eigenvalue weighted by atomic mass is 10.2. The molecule has 2 aromatic rings. The number of amides is 2. The van der Waals surface area contributed by atoms with Gasteiger partial charge in [0.2, 0.25) is 5.91 Å². The molecule has 1 aromatic carbocycles. The van der Waals surface area contributed by atoms with E-state index < -0.39 is 11.8 Å². The number of hydrogen-bond donors (Lipinski definition) is 2. The Morgan fingerprint density at radius 1 is 1.00 bits per heavy atom. The van der Waals surface area contributed by atoms with Crippen LogP contribution in [0.1, 0.15) is 32.9 Å². The van der Waals surface area contributed by atoms with Crippen molar-refractivity contribution in [2.45, 2.75) is 12.8 Å². The van der Waals surface area contributed by atoms with E-state index in [0.29, 0.717) is 9.90 Å². The molecular weight excluding hydrogens is 324 g/mol. The van der Waals surface area contributed by atoms with Gasteiger partial charge in [-0.25, -0.2) is 0 Å². The molecule has 2 N–H and O–H groups in total. The Morgan fingerprint density at radius 2 is 1.77 bits per heavy atom. The Bertz CT molecular complexity index is 686. The molecule has 0 unspecified atom stereocenters. The van der Waals surface area contributed by atoms with Crippen LogP contribution in [0.3, 0.4) is 0 Å². The lowest BCUT2D eigenvalue weighted by Gasteiger charge is -2.08. The van der Waals surface area contributed by atoms with Crippen LogP contribution < -0.4 is 10.9 Å². The molecule has 0 radical (unpaired) electrons. The van der Waals surface area contributed by atoms with Gasteiger partial charge in [0.05, 0.1) is 15.5 Å². The standard InChI is InChI=1S/C15H13ClN2O3S/c16-11-5-2-1-4-10(11)15(21)18-17-14(20)8-7-12(19)13-6-3-9-22-13/h1-6,9H,7-8H2,(H,17,20)(H,18,21). The van der Waals surface area contributed by atoms with Crippen molar-refractivity contribution in [2.24, 2.45) is 0 Å². The van der Waals surface area contributed by atoms with Gasteiger partial charge >= 0.3 is 0 Å². The van der Waals surface area contributed by atoms with Gasteiger partial charge in [-0.15, -0.1) is 11.3 Å². The van der Waals surface area contributed by atoms with E-state index in [4.69, 9.17) is 11.6 Å². The number of ketones is 1. The van der Waals surface area contributed by atoms with Crippen LogP contribution in [0.2, 0.25) is 5.02 Å². The third-order valence-corrected chi connectivity index (χ3v) is 4.05. The molecule has 7 heteroatoms. The first-order valence-electron chi connectivity index (χ1n) is 6.48. The summed E-state index contributed by atoms with van der Waals surface area (Å²) in [5.41, 5.74) is 4.79. The number of hydrogen-bond acceptors (Lipinski definition) is 4. The first-order valence-corrected chi connectivity index (χ1v) is 7.74. The number of thiophene rings is 1. The molecule has 0 bridgehead atoms. The second-order valence-electron chi connectivity index (χ2n) is 4.38. The average Bonchev–Trinajstić information content (AvgIpc) is 3.05. The number of halogens is 1. The minimum atomic E-state index is -0.511. The molecule has 0 aliphatic carbocycles. The second-order valence-corrected chi connectivity index (χ2v) is 5.74. The summed E-state index contributed by atoms with van der Waals surface area (Å²) in [5.74, 6) is -1.04. The monoisotopic (exact) mass is 336 g/mol. The van der Waals surface area contributed by atoms with Gasteiger partial charge in [-0.2, -0.15) is 0 Å². The predicted molar refractivity (Wildman–Crippen MR) is 84.9 cm³/mol. The van der Waals surface area contributed by atoms with E-state index >= 15 is 0 Å². The van der Waals surface area contributed by atoms with Crippen molar-refractivity contribution in [1.29, 1.82) is 0 Å². The van der Waals surface area contributed by atoms with Crippen molar-refractivity contribution < 1.29 is 14.4 Å². The zero-order valence-corrected chi connectivity index (χ0v) is 13.0. The minimum Gasteiger partial charge on any atom is -0.293 e. The van der Waals surface area contributed by atoms with Crippen LogP contribution in [0, 0.1) is 0 Å². The number of hydrazine groups is 1. The summed E-state index contributed by atoms with van der Waals surface area (Å²) in [7, 11) is 0. The highest BCUT2D eigenvalue weighted by Crippen LogP contribution is 2.14. The summed E-state index contributed by atoms with van der Waals surface area (Å²) >= 11 is 7.21. The van der Waals surface area contributed by atoms with Crippen LogP contribution in [0.5, 0.6) is 0 Å². The first-order chi connectivity index (χ1) is 10.6. The number of nitrogens with one attached hydrogen (secondary N) is 2. The fraction of sp³-hybridized carbons (Fsp3) is 0.133. The van der Waals surface area contributed by atoms with Gasteiger partial charge in [-0.3, -0.25) is 25.2 Å². The number of rotatable bonds is 5. The fourth-order valence-corrected chi connectivity index (χ4v) is 2.61. The highest BCUT2D eigenvalue weighted by molar-refractivity contribution is 7.12. The summed E-state index contributed by atoms with van der Waals surface area (Å²) in [6.45, 7) is 0. The van der Waals surface area contributed by atoms with E-state index in [0.717, 1.165) is 0 Å². The Labute approximate surface area is 136 Å². The van der Waals surface area contributed by atoms with E-state index in [9.17, 15) is 14.4 Å². The van der Waals surface area contributed by atoms with E-state index in [2.05, 4.69) is 10.9 Å². The molecule has 0 saturated heterocycles. The smallest absolute Gasteiger partial charge is 0.271 e. The van der Waals surface area contributed by atoms with Crippen LogP contribution in [0.25, 0.3) is 0 Å². The van der Waals surface area contributed by atoms with Crippen LogP contribution >= 0.6 is 22.9 Å². The van der Waals surface area contributed by atoms with Crippen LogP contribution in [0.15, 0.2) is 41.8 Å². The maximum Gasteiger partial charge on any atom is 0.271 e. The van der Waals surface area contributed by atoms with Gasteiger partial charge in [0.1, 0.15) is 0 Å². The van der Waals surface area contributed by atoms with Gasteiger partial charge < -0.3 is 0 Å². The molecule has 1 aromatic heterocycles. The molecule has 22 heavy (non-hydrogen) atoms. The van der Waals surface area contributed by atoms with E-state index in [-0.39, 0.29) is 24.2 Å². The van der Waals surface area contributed by atoms with Gasteiger partial charge in [0.25, 0.3) is 5.91 Å².